The normalized spacial score (nSPS) is 11.4. The van der Waals surface area contributed by atoms with Crippen molar-refractivity contribution in [2.75, 3.05) is 0 Å². The minimum atomic E-state index is -4.61. The molecule has 0 N–H and O–H groups in total. The summed E-state index contributed by atoms with van der Waals surface area (Å²) in [5.74, 6) is -0.252. The van der Waals surface area contributed by atoms with E-state index in [1.165, 1.54) is 134 Å². The Hall–Kier alpha value is -0.200. The van der Waals surface area contributed by atoms with E-state index in [2.05, 4.69) is 6.92 Å². The summed E-state index contributed by atoms with van der Waals surface area (Å²) in [5.41, 5.74) is 0.0377. The van der Waals surface area contributed by atoms with E-state index in [0.717, 1.165) is 19.3 Å². The number of hydrogen-bond donors (Lipinski definition) is 0. The second kappa shape index (κ2) is 23.9. The summed E-state index contributed by atoms with van der Waals surface area (Å²) in [4.78, 5) is 11.9. The van der Waals surface area contributed by atoms with Crippen molar-refractivity contribution in [3.05, 3.63) is 29.8 Å². The van der Waals surface area contributed by atoms with Crippen molar-refractivity contribution in [1.29, 1.82) is 0 Å². The number of unbranched alkanes of at least 4 members (excludes halogenated alkanes) is 20. The van der Waals surface area contributed by atoms with Gasteiger partial charge in [0.05, 0.1) is 4.90 Å². The molecule has 0 heterocycles. The number of carbonyl (C=O) groups excluding carboxylic acids is 1. The summed E-state index contributed by atoms with van der Waals surface area (Å²) in [5, 5.41) is 0. The van der Waals surface area contributed by atoms with Gasteiger partial charge in [-0.3, -0.25) is 4.79 Å². The zero-order chi connectivity index (χ0) is 25.6. The number of Topliss-reactive ketones (excluding diaryl/α,β-unsaturated/α-hetero) is 1. The molecule has 0 spiro atoms. The molecule has 0 amide bonds. The topological polar surface area (TPSA) is 74.3 Å². The van der Waals surface area contributed by atoms with E-state index in [1.54, 1.807) is 6.07 Å². The van der Waals surface area contributed by atoms with Gasteiger partial charge in [-0.2, -0.15) is 0 Å². The van der Waals surface area contributed by atoms with Crippen LogP contribution in [0.4, 0.5) is 0 Å². The maximum Gasteiger partial charge on any atom is 1.00 e. The smallest absolute Gasteiger partial charge is 0.744 e. The summed E-state index contributed by atoms with van der Waals surface area (Å²) in [7, 11) is -4.61. The maximum absolute atomic E-state index is 12.3. The zero-order valence-electron chi connectivity index (χ0n) is 23.4. The second-order valence-electron chi connectivity index (χ2n) is 10.2. The van der Waals surface area contributed by atoms with Crippen molar-refractivity contribution < 1.29 is 47.3 Å². The molecule has 0 aliphatic heterocycles. The molecule has 202 valence electrons. The van der Waals surface area contributed by atoms with E-state index in [4.69, 9.17) is 0 Å². The van der Waals surface area contributed by atoms with Crippen LogP contribution in [0.5, 0.6) is 0 Å². The third-order valence-electron chi connectivity index (χ3n) is 6.96. The Morgan fingerprint density at radius 1 is 0.611 bits per heavy atom. The maximum atomic E-state index is 12.3. The largest absolute Gasteiger partial charge is 1.00 e. The van der Waals surface area contributed by atoms with E-state index in [1.807, 2.05) is 0 Å². The predicted molar refractivity (Wildman–Crippen MR) is 146 cm³/mol. The fourth-order valence-corrected chi connectivity index (χ4v) is 5.46. The number of benzene rings is 1. The van der Waals surface area contributed by atoms with Crippen molar-refractivity contribution in [3.63, 3.8) is 0 Å². The summed E-state index contributed by atoms with van der Waals surface area (Å²) >= 11 is 0. The second-order valence-corrected chi connectivity index (χ2v) is 11.5. The fraction of sp³-hybridized carbons (Fsp3) is 0.767. The van der Waals surface area contributed by atoms with Crippen LogP contribution in [0, 0.1) is 0 Å². The molecule has 0 aliphatic rings. The molecule has 1 aromatic rings. The Kier molecular flexibility index (Phi) is 23.8. The average Bonchev–Trinajstić information content (AvgIpc) is 2.84. The molecule has 0 bridgehead atoms. The number of rotatable bonds is 24. The van der Waals surface area contributed by atoms with Gasteiger partial charge < -0.3 is 4.55 Å². The van der Waals surface area contributed by atoms with Gasteiger partial charge in [-0.05, 0) is 12.5 Å². The average molecular weight is 531 g/mol. The molecule has 0 unspecified atom stereocenters. The molecule has 1 aromatic carbocycles. The van der Waals surface area contributed by atoms with Crippen LogP contribution in [0.3, 0.4) is 0 Å². The van der Waals surface area contributed by atoms with Gasteiger partial charge in [0.25, 0.3) is 0 Å². The van der Waals surface area contributed by atoms with Crippen LogP contribution in [0.2, 0.25) is 0 Å². The van der Waals surface area contributed by atoms with Gasteiger partial charge in [0.1, 0.15) is 10.1 Å². The number of carbonyl (C=O) groups is 1. The first kappa shape index (κ1) is 35.8. The Morgan fingerprint density at radius 2 is 0.944 bits per heavy atom. The molecule has 0 fully saturated rings. The van der Waals surface area contributed by atoms with Gasteiger partial charge in [-0.15, -0.1) is 0 Å². The molecule has 1 rings (SSSR count). The van der Waals surface area contributed by atoms with Crippen molar-refractivity contribution in [1.82, 2.24) is 0 Å². The van der Waals surface area contributed by atoms with E-state index in [9.17, 15) is 17.8 Å². The molecule has 0 radical (unpaired) electrons. The van der Waals surface area contributed by atoms with Gasteiger partial charge in [-0.25, -0.2) is 8.42 Å². The first-order valence-corrected chi connectivity index (χ1v) is 16.0. The van der Waals surface area contributed by atoms with Crippen LogP contribution in [-0.2, 0) is 10.1 Å². The van der Waals surface area contributed by atoms with E-state index in [-0.39, 0.29) is 40.9 Å². The molecule has 0 atom stereocenters. The fourth-order valence-electron chi connectivity index (χ4n) is 4.77. The molecule has 0 saturated carbocycles. The SMILES string of the molecule is CCCCCCCCCCCCCCCCCCCCCCCC(=O)c1ccccc1S(=O)(=O)[O-].[Na+]. The van der Waals surface area contributed by atoms with Crippen molar-refractivity contribution in [2.24, 2.45) is 0 Å². The van der Waals surface area contributed by atoms with Crippen LogP contribution in [-0.4, -0.2) is 18.8 Å². The molecule has 0 aliphatic carbocycles. The quantitative estimate of drug-likeness (QED) is 0.0673. The molecule has 0 aromatic heterocycles. The van der Waals surface area contributed by atoms with E-state index in [0.29, 0.717) is 6.42 Å². The molecular formula is C30H51NaO4S. The van der Waals surface area contributed by atoms with Gasteiger partial charge in [0.2, 0.25) is 0 Å². The minimum Gasteiger partial charge on any atom is -0.744 e. The Balaban J connectivity index is 0.0000122. The van der Waals surface area contributed by atoms with Crippen LogP contribution in [0.1, 0.15) is 159 Å². The van der Waals surface area contributed by atoms with Crippen molar-refractivity contribution >= 4 is 15.9 Å². The van der Waals surface area contributed by atoms with Crippen LogP contribution in [0.15, 0.2) is 29.2 Å². The third kappa shape index (κ3) is 19.0. The number of hydrogen-bond acceptors (Lipinski definition) is 4. The monoisotopic (exact) mass is 530 g/mol. The van der Waals surface area contributed by atoms with Crippen LogP contribution in [0.25, 0.3) is 0 Å². The van der Waals surface area contributed by atoms with E-state index >= 15 is 0 Å². The summed E-state index contributed by atoms with van der Waals surface area (Å²) in [6, 6.07) is 5.72. The first-order chi connectivity index (χ1) is 17.0. The van der Waals surface area contributed by atoms with E-state index < -0.39 is 15.0 Å². The summed E-state index contributed by atoms with van der Waals surface area (Å²) in [6.45, 7) is 2.28. The zero-order valence-corrected chi connectivity index (χ0v) is 26.2. The van der Waals surface area contributed by atoms with Crippen molar-refractivity contribution in [3.8, 4) is 0 Å². The van der Waals surface area contributed by atoms with Gasteiger partial charge in [0, 0.05) is 12.0 Å². The molecule has 6 heteroatoms. The standard InChI is InChI=1S/C30H52O4S.Na/c1-2-3-4-5-6-7-8-9-10-11-12-13-14-15-16-17-18-19-20-21-22-26-29(31)28-25-23-24-27-30(28)35(32,33)34;/h23-25,27H,2-22,26H2,1H3,(H,32,33,34);/q;+1/p-1. The molecule has 36 heavy (non-hydrogen) atoms. The molecule has 4 nitrogen and oxygen atoms in total. The molecular weight excluding hydrogens is 479 g/mol. The van der Waals surface area contributed by atoms with Gasteiger partial charge in [0.15, 0.2) is 5.78 Å². The summed E-state index contributed by atoms with van der Waals surface area (Å²) < 4.78 is 33.9. The predicted octanol–water partition coefficient (Wildman–Crippen LogP) is 6.38. The van der Waals surface area contributed by atoms with Crippen molar-refractivity contribution in [2.45, 2.75) is 153 Å². The van der Waals surface area contributed by atoms with Gasteiger partial charge >= 0.3 is 29.6 Å². The van der Waals surface area contributed by atoms with Gasteiger partial charge in [-0.1, -0.05) is 154 Å². The first-order valence-electron chi connectivity index (χ1n) is 14.5. The Labute approximate surface area is 244 Å². The third-order valence-corrected chi connectivity index (χ3v) is 7.86. The summed E-state index contributed by atoms with van der Waals surface area (Å²) in [6.07, 6.45) is 27.9. The van der Waals surface area contributed by atoms with Crippen LogP contribution >= 0.6 is 0 Å². The number of ketones is 1. The Bertz CT molecular complexity index is 764. The Morgan fingerprint density at radius 3 is 1.31 bits per heavy atom. The molecule has 0 saturated heterocycles. The minimum absolute atomic E-state index is 0. The van der Waals surface area contributed by atoms with Crippen LogP contribution < -0.4 is 29.6 Å².